The Labute approximate surface area is 128 Å². The van der Waals surface area contributed by atoms with E-state index in [9.17, 15) is 4.39 Å². The molecule has 1 unspecified atom stereocenters. The highest BCUT2D eigenvalue weighted by molar-refractivity contribution is 9.09. The van der Waals surface area contributed by atoms with Crippen LogP contribution in [0.1, 0.15) is 16.3 Å². The lowest BCUT2D eigenvalue weighted by Crippen LogP contribution is -1.97. The molecule has 0 aliphatic heterocycles. The van der Waals surface area contributed by atoms with Crippen molar-refractivity contribution in [2.24, 2.45) is 0 Å². The van der Waals surface area contributed by atoms with E-state index < -0.39 is 0 Å². The Balaban J connectivity index is 1.86. The molecule has 2 aromatic carbocycles. The van der Waals surface area contributed by atoms with Crippen LogP contribution in [0.25, 0.3) is 11.1 Å². The summed E-state index contributed by atoms with van der Waals surface area (Å²) in [7, 11) is 0. The summed E-state index contributed by atoms with van der Waals surface area (Å²) in [5.41, 5.74) is 2.40. The van der Waals surface area contributed by atoms with E-state index in [0.717, 1.165) is 16.7 Å². The fourth-order valence-electron chi connectivity index (χ4n) is 2.03. The van der Waals surface area contributed by atoms with Crippen molar-refractivity contribution in [2.45, 2.75) is 11.2 Å². The average Bonchev–Trinajstić information content (AvgIpc) is 2.80. The number of halogens is 3. The first kappa shape index (κ1) is 13.6. The zero-order chi connectivity index (χ0) is 14.1. The van der Waals surface area contributed by atoms with Crippen LogP contribution in [0.2, 0.25) is 5.02 Å². The van der Waals surface area contributed by atoms with Gasteiger partial charge in [0.15, 0.2) is 11.5 Å². The molecule has 0 bridgehead atoms. The van der Waals surface area contributed by atoms with E-state index in [0.29, 0.717) is 17.3 Å². The lowest BCUT2D eigenvalue weighted by molar-refractivity contribution is 0.527. The molecule has 3 rings (SSSR count). The second-order valence-electron chi connectivity index (χ2n) is 4.41. The van der Waals surface area contributed by atoms with Crippen molar-refractivity contribution in [3.8, 4) is 0 Å². The molecule has 0 aliphatic carbocycles. The van der Waals surface area contributed by atoms with Gasteiger partial charge >= 0.3 is 0 Å². The van der Waals surface area contributed by atoms with Gasteiger partial charge in [0, 0.05) is 16.3 Å². The van der Waals surface area contributed by atoms with Crippen molar-refractivity contribution >= 4 is 38.6 Å². The highest BCUT2D eigenvalue weighted by Gasteiger charge is 2.16. The van der Waals surface area contributed by atoms with Crippen molar-refractivity contribution < 1.29 is 8.81 Å². The fraction of sp³-hybridized carbons (Fsp3) is 0.133. The van der Waals surface area contributed by atoms with E-state index in [-0.39, 0.29) is 10.6 Å². The minimum atomic E-state index is -0.347. The largest absolute Gasteiger partial charge is 0.441 e. The minimum Gasteiger partial charge on any atom is -0.441 e. The third kappa shape index (κ3) is 2.72. The Morgan fingerprint density at radius 1 is 1.25 bits per heavy atom. The molecule has 0 spiro atoms. The Kier molecular flexibility index (Phi) is 3.76. The number of benzene rings is 2. The van der Waals surface area contributed by atoms with Gasteiger partial charge in [0.2, 0.25) is 0 Å². The molecule has 0 saturated carbocycles. The Morgan fingerprint density at radius 3 is 2.80 bits per heavy atom. The van der Waals surface area contributed by atoms with Crippen LogP contribution in [0.15, 0.2) is 46.9 Å². The van der Waals surface area contributed by atoms with E-state index in [1.165, 1.54) is 12.1 Å². The van der Waals surface area contributed by atoms with E-state index in [1.807, 2.05) is 24.3 Å². The number of nitrogens with zero attached hydrogens (tertiary/aromatic N) is 1. The molecule has 20 heavy (non-hydrogen) atoms. The van der Waals surface area contributed by atoms with Crippen LogP contribution in [-0.4, -0.2) is 4.98 Å². The molecular weight excluding hydrogens is 345 g/mol. The van der Waals surface area contributed by atoms with E-state index >= 15 is 0 Å². The Bertz CT molecular complexity index is 725. The van der Waals surface area contributed by atoms with Crippen molar-refractivity contribution in [1.82, 2.24) is 4.98 Å². The number of oxazole rings is 1. The van der Waals surface area contributed by atoms with Crippen LogP contribution < -0.4 is 0 Å². The van der Waals surface area contributed by atoms with Gasteiger partial charge in [0.1, 0.15) is 11.3 Å². The van der Waals surface area contributed by atoms with Gasteiger partial charge in [0.25, 0.3) is 0 Å². The van der Waals surface area contributed by atoms with E-state index in [2.05, 4.69) is 20.9 Å². The summed E-state index contributed by atoms with van der Waals surface area (Å²) < 4.78 is 18.7. The zero-order valence-electron chi connectivity index (χ0n) is 10.3. The summed E-state index contributed by atoms with van der Waals surface area (Å²) in [6.45, 7) is 0. The minimum absolute atomic E-state index is 0.0799. The third-order valence-corrected chi connectivity index (χ3v) is 4.14. The summed E-state index contributed by atoms with van der Waals surface area (Å²) in [6.07, 6.45) is 0.542. The summed E-state index contributed by atoms with van der Waals surface area (Å²) >= 11 is 9.60. The summed E-state index contributed by atoms with van der Waals surface area (Å²) in [5.74, 6) is 0.272. The zero-order valence-corrected chi connectivity index (χ0v) is 12.7. The van der Waals surface area contributed by atoms with E-state index in [1.54, 1.807) is 6.07 Å². The quantitative estimate of drug-likeness (QED) is 0.597. The van der Waals surface area contributed by atoms with Crippen molar-refractivity contribution in [1.29, 1.82) is 0 Å². The first-order valence-corrected chi connectivity index (χ1v) is 7.36. The van der Waals surface area contributed by atoms with Gasteiger partial charge in [-0.3, -0.25) is 0 Å². The predicted octanol–water partition coefficient (Wildman–Crippen LogP) is 5.30. The number of para-hydroxylation sites is 2. The monoisotopic (exact) mass is 353 g/mol. The lowest BCUT2D eigenvalue weighted by atomic mass is 10.1. The number of alkyl halides is 1. The van der Waals surface area contributed by atoms with Crippen LogP contribution in [0, 0.1) is 5.82 Å². The molecule has 1 atom stereocenters. The molecule has 3 aromatic rings. The predicted molar refractivity (Wildman–Crippen MR) is 80.8 cm³/mol. The first-order valence-electron chi connectivity index (χ1n) is 6.07. The van der Waals surface area contributed by atoms with Crippen molar-refractivity contribution in [2.75, 3.05) is 0 Å². The van der Waals surface area contributed by atoms with Gasteiger partial charge in [-0.05, 0) is 29.8 Å². The highest BCUT2D eigenvalue weighted by atomic mass is 79.9. The maximum atomic E-state index is 13.0. The number of rotatable bonds is 3. The van der Waals surface area contributed by atoms with Gasteiger partial charge < -0.3 is 4.42 Å². The van der Waals surface area contributed by atoms with Crippen LogP contribution in [-0.2, 0) is 6.42 Å². The molecule has 0 amide bonds. The third-order valence-electron chi connectivity index (χ3n) is 2.99. The van der Waals surface area contributed by atoms with Crippen LogP contribution >= 0.6 is 27.5 Å². The number of hydrogen-bond acceptors (Lipinski definition) is 2. The molecule has 1 heterocycles. The molecule has 0 fully saturated rings. The molecule has 0 aliphatic rings. The molecule has 0 N–H and O–H groups in total. The molecule has 1 aromatic heterocycles. The highest BCUT2D eigenvalue weighted by Crippen LogP contribution is 2.33. The second-order valence-corrected chi connectivity index (χ2v) is 5.93. The topological polar surface area (TPSA) is 26.0 Å². The summed E-state index contributed by atoms with van der Waals surface area (Å²) in [5, 5.41) is 0.392. The van der Waals surface area contributed by atoms with Gasteiger partial charge in [0.05, 0.1) is 0 Å². The smallest absolute Gasteiger partial charge is 0.196 e. The SMILES string of the molecule is Fc1ccc(C(Br)Cc2nc3ccccc3o2)c(Cl)c1. The maximum absolute atomic E-state index is 13.0. The fourth-order valence-corrected chi connectivity index (χ4v) is 3.13. The molecule has 102 valence electrons. The molecular formula is C15H10BrClFNO. The molecule has 5 heteroatoms. The number of fused-ring (bicyclic) bond motifs is 1. The molecule has 2 nitrogen and oxygen atoms in total. The standard InChI is InChI=1S/C15H10BrClFNO/c16-11(10-6-5-9(18)7-12(10)17)8-15-19-13-3-1-2-4-14(13)20-15/h1-7,11H,8H2. The van der Waals surface area contributed by atoms with Gasteiger partial charge in [-0.1, -0.05) is 45.7 Å². The van der Waals surface area contributed by atoms with Gasteiger partial charge in [-0.2, -0.15) is 0 Å². The Morgan fingerprint density at radius 2 is 2.05 bits per heavy atom. The molecule has 0 saturated heterocycles. The maximum Gasteiger partial charge on any atom is 0.196 e. The summed E-state index contributed by atoms with van der Waals surface area (Å²) in [4.78, 5) is 4.33. The van der Waals surface area contributed by atoms with Crippen molar-refractivity contribution in [3.63, 3.8) is 0 Å². The lowest BCUT2D eigenvalue weighted by Gasteiger charge is -2.09. The average molecular weight is 355 g/mol. The van der Waals surface area contributed by atoms with E-state index in [4.69, 9.17) is 16.0 Å². The number of hydrogen-bond donors (Lipinski definition) is 0. The second kappa shape index (κ2) is 5.54. The van der Waals surface area contributed by atoms with Crippen LogP contribution in [0.5, 0.6) is 0 Å². The van der Waals surface area contributed by atoms with Gasteiger partial charge in [-0.25, -0.2) is 9.37 Å². The number of aromatic nitrogens is 1. The van der Waals surface area contributed by atoms with Crippen LogP contribution in [0.4, 0.5) is 4.39 Å². The van der Waals surface area contributed by atoms with Crippen molar-refractivity contribution in [3.05, 3.63) is 64.8 Å². The molecule has 0 radical (unpaired) electrons. The first-order chi connectivity index (χ1) is 9.63. The Hall–Kier alpha value is -1.39. The van der Waals surface area contributed by atoms with Crippen LogP contribution in [0.3, 0.4) is 0 Å². The van der Waals surface area contributed by atoms with Gasteiger partial charge in [-0.15, -0.1) is 0 Å². The normalized spacial score (nSPS) is 12.8. The summed E-state index contributed by atoms with van der Waals surface area (Å²) in [6, 6.07) is 12.0.